The molecule has 4 rings (SSSR count). The summed E-state index contributed by atoms with van der Waals surface area (Å²) in [6, 6.07) is 8.90. The van der Waals surface area contributed by atoms with Crippen LogP contribution in [0.4, 0.5) is 18.3 Å². The summed E-state index contributed by atoms with van der Waals surface area (Å²) in [6.45, 7) is 0.934. The first kappa shape index (κ1) is 22.8. The molecule has 1 aliphatic rings. The van der Waals surface area contributed by atoms with Crippen LogP contribution in [-0.2, 0) is 11.2 Å². The summed E-state index contributed by atoms with van der Waals surface area (Å²) in [5.74, 6) is -0.536. The summed E-state index contributed by atoms with van der Waals surface area (Å²) < 4.78 is 45.8. The number of nitrogens with zero attached hydrogens (tertiary/aromatic N) is 2. The maximum Gasteiger partial charge on any atom is 0.573 e. The van der Waals surface area contributed by atoms with Gasteiger partial charge in [0.25, 0.3) is 5.91 Å². The molecule has 1 saturated heterocycles. The van der Waals surface area contributed by atoms with Crippen LogP contribution in [0, 0.1) is 5.92 Å². The van der Waals surface area contributed by atoms with Gasteiger partial charge >= 0.3 is 6.36 Å². The number of rotatable bonds is 6. The molecule has 3 heterocycles. The molecular formula is C22H20F3N3O4S. The topological polar surface area (TPSA) is 84.7 Å². The lowest BCUT2D eigenvalue weighted by Crippen LogP contribution is -2.41. The second-order valence-electron chi connectivity index (χ2n) is 7.53. The van der Waals surface area contributed by atoms with Crippen molar-refractivity contribution in [1.29, 1.82) is 0 Å². The SMILES string of the molecule is O=C(Nc1ncc(Cc2ccc(OC(F)(F)F)cc2)s1)C1CCN(C(=O)c2ccco2)CC1. The molecule has 1 aromatic carbocycles. The molecule has 0 unspecified atom stereocenters. The largest absolute Gasteiger partial charge is 0.573 e. The number of hydrogen-bond acceptors (Lipinski definition) is 6. The molecule has 3 aromatic rings. The van der Waals surface area contributed by atoms with Gasteiger partial charge in [0.05, 0.1) is 6.26 Å². The minimum atomic E-state index is -4.72. The van der Waals surface area contributed by atoms with Gasteiger partial charge < -0.3 is 19.4 Å². The van der Waals surface area contributed by atoms with Crippen molar-refractivity contribution in [3.8, 4) is 5.75 Å². The van der Waals surface area contributed by atoms with Crippen molar-refractivity contribution < 1.29 is 31.9 Å². The standard InChI is InChI=1S/C22H20F3N3O4S/c23-22(24,25)32-16-5-3-14(4-6-16)12-17-13-26-21(33-17)27-19(29)15-7-9-28(10-8-15)20(30)18-2-1-11-31-18/h1-6,11,13,15H,7-10,12H2,(H,26,27,29). The molecule has 0 aliphatic carbocycles. The zero-order valence-corrected chi connectivity index (χ0v) is 18.1. The Morgan fingerprint density at radius 3 is 2.55 bits per heavy atom. The number of carbonyl (C=O) groups excluding carboxylic acids is 2. The molecule has 1 aliphatic heterocycles. The number of benzene rings is 1. The Balaban J connectivity index is 1.26. The molecule has 11 heteroatoms. The quantitative estimate of drug-likeness (QED) is 0.553. The maximum atomic E-state index is 12.6. The van der Waals surface area contributed by atoms with Gasteiger partial charge in [0.15, 0.2) is 10.9 Å². The number of halogens is 3. The van der Waals surface area contributed by atoms with Crippen LogP contribution in [0.1, 0.15) is 33.8 Å². The minimum Gasteiger partial charge on any atom is -0.459 e. The second kappa shape index (κ2) is 9.65. The summed E-state index contributed by atoms with van der Waals surface area (Å²) in [4.78, 5) is 31.7. The number of furan rings is 1. The number of amides is 2. The highest BCUT2D eigenvalue weighted by Crippen LogP contribution is 2.26. The van der Waals surface area contributed by atoms with Gasteiger partial charge in [-0.3, -0.25) is 9.59 Å². The Bertz CT molecular complexity index is 1090. The van der Waals surface area contributed by atoms with E-state index in [1.165, 1.54) is 29.7 Å². The summed E-state index contributed by atoms with van der Waals surface area (Å²) >= 11 is 1.31. The zero-order chi connectivity index (χ0) is 23.4. The van der Waals surface area contributed by atoms with E-state index in [9.17, 15) is 22.8 Å². The highest BCUT2D eigenvalue weighted by molar-refractivity contribution is 7.15. The maximum absolute atomic E-state index is 12.6. The number of anilines is 1. The molecule has 174 valence electrons. The van der Waals surface area contributed by atoms with Gasteiger partial charge in [-0.05, 0) is 42.7 Å². The van der Waals surface area contributed by atoms with E-state index in [2.05, 4.69) is 15.0 Å². The molecule has 1 fully saturated rings. The van der Waals surface area contributed by atoms with Gasteiger partial charge in [0.1, 0.15) is 5.75 Å². The van der Waals surface area contributed by atoms with Crippen LogP contribution in [-0.4, -0.2) is 41.2 Å². The van der Waals surface area contributed by atoms with E-state index < -0.39 is 6.36 Å². The van der Waals surface area contributed by atoms with E-state index in [4.69, 9.17) is 4.42 Å². The number of thiazole rings is 1. The predicted molar refractivity (Wildman–Crippen MR) is 114 cm³/mol. The van der Waals surface area contributed by atoms with Crippen molar-refractivity contribution in [3.05, 3.63) is 65.1 Å². The van der Waals surface area contributed by atoms with Gasteiger partial charge in [0, 0.05) is 36.5 Å². The summed E-state index contributed by atoms with van der Waals surface area (Å²) in [5.41, 5.74) is 0.791. The molecule has 0 radical (unpaired) electrons. The van der Waals surface area contributed by atoms with Crippen molar-refractivity contribution in [1.82, 2.24) is 9.88 Å². The lowest BCUT2D eigenvalue weighted by molar-refractivity contribution is -0.274. The fourth-order valence-corrected chi connectivity index (χ4v) is 4.42. The van der Waals surface area contributed by atoms with Crippen LogP contribution >= 0.6 is 11.3 Å². The summed E-state index contributed by atoms with van der Waals surface area (Å²) in [7, 11) is 0. The number of likely N-dealkylation sites (tertiary alicyclic amines) is 1. The van der Waals surface area contributed by atoms with E-state index in [0.717, 1.165) is 10.4 Å². The van der Waals surface area contributed by atoms with Gasteiger partial charge in [-0.1, -0.05) is 12.1 Å². The van der Waals surface area contributed by atoms with E-state index >= 15 is 0 Å². The molecular weight excluding hydrogens is 459 g/mol. The number of aromatic nitrogens is 1. The first-order valence-electron chi connectivity index (χ1n) is 10.2. The number of nitrogens with one attached hydrogen (secondary N) is 1. The third kappa shape index (κ3) is 6.13. The third-order valence-electron chi connectivity index (χ3n) is 5.20. The highest BCUT2D eigenvalue weighted by Gasteiger charge is 2.31. The minimum absolute atomic E-state index is 0.144. The lowest BCUT2D eigenvalue weighted by atomic mass is 9.96. The molecule has 33 heavy (non-hydrogen) atoms. The fraction of sp³-hybridized carbons (Fsp3) is 0.318. The molecule has 7 nitrogen and oxygen atoms in total. The second-order valence-corrected chi connectivity index (χ2v) is 8.65. The van der Waals surface area contributed by atoms with Gasteiger partial charge in [-0.25, -0.2) is 4.98 Å². The highest BCUT2D eigenvalue weighted by atomic mass is 32.1. The van der Waals surface area contributed by atoms with Crippen LogP contribution in [0.15, 0.2) is 53.3 Å². The predicted octanol–water partition coefficient (Wildman–Crippen LogP) is 4.72. The normalized spacial score (nSPS) is 14.8. The summed E-state index contributed by atoms with van der Waals surface area (Å²) in [6.07, 6.45) is -0.0884. The van der Waals surface area contributed by atoms with Crippen LogP contribution in [0.5, 0.6) is 5.75 Å². The number of hydrogen-bond donors (Lipinski definition) is 1. The summed E-state index contributed by atoms with van der Waals surface area (Å²) in [5, 5.41) is 3.29. The van der Waals surface area contributed by atoms with Crippen LogP contribution in [0.25, 0.3) is 0 Å². The first-order valence-corrected chi connectivity index (χ1v) is 11.0. The van der Waals surface area contributed by atoms with Gasteiger partial charge in [0.2, 0.25) is 5.91 Å². The number of ether oxygens (including phenoxy) is 1. The number of carbonyl (C=O) groups is 2. The smallest absolute Gasteiger partial charge is 0.459 e. The van der Waals surface area contributed by atoms with E-state index in [1.54, 1.807) is 35.4 Å². The van der Waals surface area contributed by atoms with Crippen molar-refractivity contribution in [2.24, 2.45) is 5.92 Å². The van der Waals surface area contributed by atoms with Gasteiger partial charge in [-0.2, -0.15) is 0 Å². The monoisotopic (exact) mass is 479 g/mol. The number of piperidine rings is 1. The molecule has 0 bridgehead atoms. The Kier molecular flexibility index (Phi) is 6.68. The molecule has 0 atom stereocenters. The van der Waals surface area contributed by atoms with Gasteiger partial charge in [-0.15, -0.1) is 24.5 Å². The molecule has 2 amide bonds. The first-order chi connectivity index (χ1) is 15.8. The Morgan fingerprint density at radius 1 is 1.18 bits per heavy atom. The third-order valence-corrected chi connectivity index (χ3v) is 6.12. The average Bonchev–Trinajstić information content (AvgIpc) is 3.46. The van der Waals surface area contributed by atoms with Crippen molar-refractivity contribution >= 4 is 28.3 Å². The van der Waals surface area contributed by atoms with Crippen LogP contribution < -0.4 is 10.1 Å². The van der Waals surface area contributed by atoms with Crippen LogP contribution in [0.2, 0.25) is 0 Å². The molecule has 2 aromatic heterocycles. The molecule has 1 N–H and O–H groups in total. The van der Waals surface area contributed by atoms with Crippen molar-refractivity contribution in [2.75, 3.05) is 18.4 Å². The van der Waals surface area contributed by atoms with E-state index in [1.807, 2.05) is 0 Å². The van der Waals surface area contributed by atoms with Crippen molar-refractivity contribution in [2.45, 2.75) is 25.6 Å². The van der Waals surface area contributed by atoms with E-state index in [0.29, 0.717) is 37.5 Å². The number of alkyl halides is 3. The zero-order valence-electron chi connectivity index (χ0n) is 17.3. The fourth-order valence-electron chi connectivity index (χ4n) is 3.57. The molecule has 0 saturated carbocycles. The lowest BCUT2D eigenvalue weighted by Gasteiger charge is -2.30. The Labute approximate surface area is 191 Å². The van der Waals surface area contributed by atoms with Crippen LogP contribution in [0.3, 0.4) is 0 Å². The average molecular weight is 479 g/mol. The molecule has 0 spiro atoms. The van der Waals surface area contributed by atoms with Crippen molar-refractivity contribution in [3.63, 3.8) is 0 Å². The Hall–Kier alpha value is -3.34. The van der Waals surface area contributed by atoms with E-state index in [-0.39, 0.29) is 29.2 Å². The Morgan fingerprint density at radius 2 is 1.91 bits per heavy atom.